The predicted octanol–water partition coefficient (Wildman–Crippen LogP) is 6.64. The highest BCUT2D eigenvalue weighted by molar-refractivity contribution is 5.76. The molecular weight excluding hydrogens is 865 g/mol. The first kappa shape index (κ1) is 53.3. The second-order valence-corrected chi connectivity index (χ2v) is 24.0. The first-order chi connectivity index (χ1) is 31.1. The van der Waals surface area contributed by atoms with E-state index in [9.17, 15) is 40.2 Å². The lowest BCUT2D eigenvalue weighted by Gasteiger charge is -2.52. The van der Waals surface area contributed by atoms with Crippen LogP contribution in [-0.2, 0) is 42.7 Å². The van der Waals surface area contributed by atoms with Crippen LogP contribution in [0.1, 0.15) is 173 Å². The van der Waals surface area contributed by atoms with Gasteiger partial charge in [0.1, 0.15) is 11.7 Å². The molecule has 1 saturated carbocycles. The number of ether oxygens (including phenoxy) is 7. The largest absolute Gasteiger partial charge is 0.481 e. The Balaban J connectivity index is 1.06. The van der Waals surface area contributed by atoms with Crippen molar-refractivity contribution in [3.63, 3.8) is 0 Å². The Kier molecular flexibility index (Phi) is 15.5. The summed E-state index contributed by atoms with van der Waals surface area (Å²) >= 11 is 0. The number of carbonyl (C=O) groups is 2. The van der Waals surface area contributed by atoms with Crippen LogP contribution in [0.3, 0.4) is 0 Å². The summed E-state index contributed by atoms with van der Waals surface area (Å²) in [6.07, 6.45) is 1.50. The second-order valence-electron chi connectivity index (χ2n) is 24.0. The van der Waals surface area contributed by atoms with Crippen LogP contribution < -0.4 is 0 Å². The third-order valence-corrected chi connectivity index (χ3v) is 18.6. The Labute approximate surface area is 399 Å². The number of hydrogen-bond acceptors (Lipinski definition) is 14. The Morgan fingerprint density at radius 1 is 0.761 bits per heavy atom. The average Bonchev–Trinajstić information content (AvgIpc) is 3.76. The maximum atomic E-state index is 13.8. The number of aliphatic hydroxyl groups is 5. The van der Waals surface area contributed by atoms with Crippen LogP contribution in [0.4, 0.5) is 0 Å². The normalized spacial score (nSPS) is 51.1. The van der Waals surface area contributed by atoms with E-state index in [0.717, 1.165) is 6.42 Å². The van der Waals surface area contributed by atoms with Gasteiger partial charge in [0.2, 0.25) is 5.79 Å². The number of carboxylic acid groups (broad SMARTS) is 1. The zero-order valence-electron chi connectivity index (χ0n) is 42.6. The van der Waals surface area contributed by atoms with Gasteiger partial charge < -0.3 is 63.8 Å². The summed E-state index contributed by atoms with van der Waals surface area (Å²) in [5, 5.41) is 70.4. The minimum Gasteiger partial charge on any atom is -0.481 e. The summed E-state index contributed by atoms with van der Waals surface area (Å²) in [6.45, 7) is 22.9. The van der Waals surface area contributed by atoms with Gasteiger partial charge in [-0.1, -0.05) is 55.4 Å². The molecule has 6 heterocycles. The van der Waals surface area contributed by atoms with E-state index >= 15 is 0 Å². The Morgan fingerprint density at radius 3 is 2.09 bits per heavy atom. The van der Waals surface area contributed by atoms with E-state index in [0.29, 0.717) is 77.0 Å². The predicted molar refractivity (Wildman–Crippen MR) is 246 cm³/mol. The molecule has 67 heavy (non-hydrogen) atoms. The number of aliphatic carboxylic acids is 1. The van der Waals surface area contributed by atoms with Crippen LogP contribution in [-0.4, -0.2) is 132 Å². The fourth-order valence-corrected chi connectivity index (χ4v) is 13.3. The molecule has 2 unspecified atom stereocenters. The fraction of sp³-hybridized carbons (Fsp3) is 0.962. The van der Waals surface area contributed by atoms with Gasteiger partial charge in [0, 0.05) is 30.1 Å². The van der Waals surface area contributed by atoms with Gasteiger partial charge in [-0.25, -0.2) is 0 Å². The SMILES string of the molecule is CC[C@@H]1O[C@@H]([C@]2(C)C[C@@H](C)[C@](O)([C@]3(C)CC[C@@H]([C@@H](OC(=O)C4CC4C)[C@]4(O)O[C@H](C[C@@]5(O)O[C@@H]([C@@H](C)[C@H](O)C[C@H]6CC[C@H](C)[C@@H]([C@@H](C)C(=O)O)O6)CC[C@@H]5C)[C@@H](C)C[C@H]4C)O3)O2)CC[C@@]1(C)O. The molecule has 15 nitrogen and oxygen atoms in total. The van der Waals surface area contributed by atoms with Gasteiger partial charge in [-0.15, -0.1) is 0 Å². The number of hydrogen-bond donors (Lipinski definition) is 6. The number of carbonyl (C=O) groups excluding carboxylic acids is 1. The first-order valence-corrected chi connectivity index (χ1v) is 26.2. The Morgan fingerprint density at radius 2 is 1.45 bits per heavy atom. The molecule has 0 aromatic carbocycles. The van der Waals surface area contributed by atoms with Crippen molar-refractivity contribution in [1.29, 1.82) is 0 Å². The number of carboxylic acids is 1. The summed E-state index contributed by atoms with van der Waals surface area (Å²) < 4.78 is 46.3. The van der Waals surface area contributed by atoms with Crippen molar-refractivity contribution in [2.24, 2.45) is 53.3 Å². The van der Waals surface area contributed by atoms with Crippen molar-refractivity contribution in [3.8, 4) is 0 Å². The quantitative estimate of drug-likeness (QED) is 0.0948. The Hall–Kier alpha value is -1.50. The van der Waals surface area contributed by atoms with Crippen molar-refractivity contribution in [3.05, 3.63) is 0 Å². The molecule has 0 radical (unpaired) electrons. The number of aliphatic hydroxyl groups excluding tert-OH is 1. The number of rotatable bonds is 15. The van der Waals surface area contributed by atoms with Gasteiger partial charge in [-0.05, 0) is 129 Å². The van der Waals surface area contributed by atoms with Crippen molar-refractivity contribution in [2.75, 3.05) is 0 Å². The standard InChI is InChI=1S/C52H88O15/c1-13-41-47(10,57)20-19-42(62-41)48(11)25-32(7)52(60,67-48)49(12)21-18-39(64-49)44(63-46(56)36-23-28(36)3)51(59)31(6)22-29(4)40(66-51)26-50(58)30(5)15-17-38(65-50)33(8)37(53)24-35-16-14-27(2)43(61-35)34(9)45(54)55/h27-44,53,57-60H,13-26H2,1-12H3,(H,54,55)/t27-,28?,29-,30-,31+,32+,33-,34+,35+,36?,37+,38+,39-,40+,41-,42+,43-,44+,47+,48-,49-,50+,51+,52+/m0/s1. The van der Waals surface area contributed by atoms with E-state index in [4.69, 9.17) is 33.2 Å². The van der Waals surface area contributed by atoms with Crippen molar-refractivity contribution in [1.82, 2.24) is 0 Å². The van der Waals surface area contributed by atoms with Crippen molar-refractivity contribution in [2.45, 2.75) is 262 Å². The molecule has 6 aliphatic heterocycles. The highest BCUT2D eigenvalue weighted by atomic mass is 16.7. The van der Waals surface area contributed by atoms with E-state index in [2.05, 4.69) is 0 Å². The lowest BCUT2D eigenvalue weighted by Crippen LogP contribution is -2.64. The second kappa shape index (κ2) is 19.5. The fourth-order valence-electron chi connectivity index (χ4n) is 13.3. The van der Waals surface area contributed by atoms with Crippen molar-refractivity contribution < 1.29 is 73.4 Å². The maximum absolute atomic E-state index is 13.8. The zero-order valence-corrected chi connectivity index (χ0v) is 42.6. The topological polar surface area (TPSA) is 220 Å². The van der Waals surface area contributed by atoms with E-state index in [1.54, 1.807) is 13.8 Å². The molecule has 6 N–H and O–H groups in total. The van der Waals surface area contributed by atoms with Crippen LogP contribution in [0.25, 0.3) is 0 Å². The molecule has 0 amide bonds. The van der Waals surface area contributed by atoms with Gasteiger partial charge in [-0.2, -0.15) is 0 Å². The molecule has 7 rings (SSSR count). The monoisotopic (exact) mass is 953 g/mol. The molecule has 15 heteroatoms. The molecular formula is C52H88O15. The first-order valence-electron chi connectivity index (χ1n) is 26.2. The van der Waals surface area contributed by atoms with Crippen LogP contribution in [0, 0.1) is 53.3 Å². The van der Waals surface area contributed by atoms with Gasteiger partial charge >= 0.3 is 11.9 Å². The van der Waals surface area contributed by atoms with E-state index < -0.39 is 94.6 Å². The summed E-state index contributed by atoms with van der Waals surface area (Å²) in [5.74, 6) is -9.26. The van der Waals surface area contributed by atoms with Gasteiger partial charge in [-0.3, -0.25) is 9.59 Å². The highest BCUT2D eigenvalue weighted by Gasteiger charge is 2.68. The molecule has 386 valence electrons. The maximum Gasteiger partial charge on any atom is 0.309 e. The van der Waals surface area contributed by atoms with Crippen LogP contribution >= 0.6 is 0 Å². The smallest absolute Gasteiger partial charge is 0.309 e. The molecule has 0 aromatic rings. The highest BCUT2D eigenvalue weighted by Crippen LogP contribution is 2.56. The molecule has 0 aromatic heterocycles. The summed E-state index contributed by atoms with van der Waals surface area (Å²) in [4.78, 5) is 25.6. The lowest BCUT2D eigenvalue weighted by molar-refractivity contribution is -0.374. The van der Waals surface area contributed by atoms with E-state index in [-0.39, 0.29) is 66.2 Å². The van der Waals surface area contributed by atoms with Gasteiger partial charge in [0.25, 0.3) is 0 Å². The summed E-state index contributed by atoms with van der Waals surface area (Å²) in [6, 6.07) is 0. The zero-order chi connectivity index (χ0) is 49.4. The minimum absolute atomic E-state index is 0.0207. The summed E-state index contributed by atoms with van der Waals surface area (Å²) in [5.41, 5.74) is -3.10. The number of esters is 1. The van der Waals surface area contributed by atoms with Crippen LogP contribution in [0.2, 0.25) is 0 Å². The minimum atomic E-state index is -2.03. The molecule has 0 spiro atoms. The molecule has 6 saturated heterocycles. The average molecular weight is 953 g/mol. The molecule has 24 atom stereocenters. The molecule has 1 aliphatic carbocycles. The molecule has 0 bridgehead atoms. The lowest BCUT2D eigenvalue weighted by atomic mass is 9.76. The van der Waals surface area contributed by atoms with E-state index in [1.807, 2.05) is 69.2 Å². The molecule has 7 aliphatic rings. The summed E-state index contributed by atoms with van der Waals surface area (Å²) in [7, 11) is 0. The van der Waals surface area contributed by atoms with E-state index in [1.165, 1.54) is 0 Å². The van der Waals surface area contributed by atoms with Crippen LogP contribution in [0.5, 0.6) is 0 Å². The third kappa shape index (κ3) is 10.3. The molecule has 7 fully saturated rings. The van der Waals surface area contributed by atoms with Gasteiger partial charge in [0.05, 0.1) is 65.8 Å². The van der Waals surface area contributed by atoms with Crippen molar-refractivity contribution >= 4 is 11.9 Å². The van der Waals surface area contributed by atoms with Gasteiger partial charge in [0.15, 0.2) is 17.7 Å². The Bertz CT molecular complexity index is 1750. The third-order valence-electron chi connectivity index (χ3n) is 18.6. The van der Waals surface area contributed by atoms with Crippen LogP contribution in [0.15, 0.2) is 0 Å².